The number of piperidine rings is 1. The molecular weight excluding hydrogens is 506 g/mol. The van der Waals surface area contributed by atoms with Crippen LogP contribution in [-0.2, 0) is 33.7 Å². The summed E-state index contributed by atoms with van der Waals surface area (Å²) in [6.07, 6.45) is 4.74. The van der Waals surface area contributed by atoms with E-state index in [2.05, 4.69) is 28.5 Å². The lowest BCUT2D eigenvalue weighted by Crippen LogP contribution is -2.41. The molecule has 5 rings (SSSR count). The number of benzene rings is 2. The van der Waals surface area contributed by atoms with Crippen LogP contribution in [0.2, 0.25) is 0 Å². The van der Waals surface area contributed by atoms with Gasteiger partial charge in [-0.2, -0.15) is 0 Å². The van der Waals surface area contributed by atoms with Gasteiger partial charge in [0.2, 0.25) is 11.8 Å². The first-order chi connectivity index (χ1) is 19.4. The zero-order valence-electron chi connectivity index (χ0n) is 23.3. The lowest BCUT2D eigenvalue weighted by atomic mass is 9.78. The van der Waals surface area contributed by atoms with Crippen molar-refractivity contribution in [1.29, 1.82) is 0 Å². The van der Waals surface area contributed by atoms with E-state index in [1.54, 1.807) is 0 Å². The van der Waals surface area contributed by atoms with Crippen molar-refractivity contribution in [3.63, 3.8) is 0 Å². The maximum atomic E-state index is 13.1. The molecule has 2 saturated heterocycles. The van der Waals surface area contributed by atoms with Gasteiger partial charge in [0.25, 0.3) is 5.91 Å². The molecule has 2 heterocycles. The summed E-state index contributed by atoms with van der Waals surface area (Å²) in [5.41, 5.74) is 5.78. The van der Waals surface area contributed by atoms with Gasteiger partial charge in [-0.1, -0.05) is 24.3 Å². The third kappa shape index (κ3) is 6.85. The van der Waals surface area contributed by atoms with E-state index >= 15 is 0 Å². The Bertz CT molecular complexity index is 1280. The molecule has 1 aliphatic carbocycles. The molecule has 0 aromatic heterocycles. The van der Waals surface area contributed by atoms with Gasteiger partial charge >= 0.3 is 0 Å². The molecule has 0 bridgehead atoms. The predicted molar refractivity (Wildman–Crippen MR) is 151 cm³/mol. The molecule has 0 spiro atoms. The molecule has 3 aliphatic rings. The Morgan fingerprint density at radius 3 is 2.55 bits per heavy atom. The van der Waals surface area contributed by atoms with Crippen molar-refractivity contribution < 1.29 is 23.9 Å². The summed E-state index contributed by atoms with van der Waals surface area (Å²) in [4.78, 5) is 51.9. The van der Waals surface area contributed by atoms with Gasteiger partial charge in [-0.25, -0.2) is 0 Å². The van der Waals surface area contributed by atoms with Gasteiger partial charge in [0, 0.05) is 55.6 Å². The fourth-order valence-corrected chi connectivity index (χ4v) is 6.08. The number of aryl methyl sites for hydroxylation is 2. The first-order valence-corrected chi connectivity index (χ1v) is 14.5. The van der Waals surface area contributed by atoms with Gasteiger partial charge in [-0.15, -0.1) is 0 Å². The van der Waals surface area contributed by atoms with E-state index < -0.39 is 0 Å². The van der Waals surface area contributed by atoms with E-state index in [-0.39, 0.29) is 35.3 Å². The maximum absolute atomic E-state index is 13.1. The quantitative estimate of drug-likeness (QED) is 0.468. The average molecular weight is 546 g/mol. The second-order valence-corrected chi connectivity index (χ2v) is 11.3. The monoisotopic (exact) mass is 545 g/mol. The van der Waals surface area contributed by atoms with E-state index in [0.717, 1.165) is 74.4 Å². The Labute approximate surface area is 235 Å². The van der Waals surface area contributed by atoms with Crippen LogP contribution < -0.4 is 10.6 Å². The summed E-state index contributed by atoms with van der Waals surface area (Å²) in [6, 6.07) is 11.8. The average Bonchev–Trinajstić information content (AvgIpc) is 2.96. The molecule has 2 atom stereocenters. The fourth-order valence-electron chi connectivity index (χ4n) is 6.08. The number of carbonyl (C=O) groups is 4. The zero-order valence-corrected chi connectivity index (χ0v) is 23.3. The van der Waals surface area contributed by atoms with Crippen molar-refractivity contribution in [3.05, 3.63) is 69.8 Å². The molecule has 0 radical (unpaired) electrons. The SMILES string of the molecule is Cc1cc(C(=O)NCc2ccc3c(c2)CCC(CCC2CCC(=O)NC2=O)C3=O)ccc1CCN1CCOCC1. The lowest BCUT2D eigenvalue weighted by Gasteiger charge is -2.26. The smallest absolute Gasteiger partial charge is 0.251 e. The zero-order chi connectivity index (χ0) is 28.1. The van der Waals surface area contributed by atoms with Crippen LogP contribution in [0.3, 0.4) is 0 Å². The number of fused-ring (bicyclic) bond motifs is 1. The molecule has 8 heteroatoms. The Morgan fingerprint density at radius 1 is 1.00 bits per heavy atom. The molecule has 2 aromatic carbocycles. The number of morpholine rings is 1. The van der Waals surface area contributed by atoms with E-state index in [0.29, 0.717) is 37.8 Å². The number of nitrogens with one attached hydrogen (secondary N) is 2. The summed E-state index contributed by atoms with van der Waals surface area (Å²) in [7, 11) is 0. The van der Waals surface area contributed by atoms with Crippen molar-refractivity contribution in [2.24, 2.45) is 11.8 Å². The van der Waals surface area contributed by atoms with E-state index in [1.807, 2.05) is 30.3 Å². The van der Waals surface area contributed by atoms with E-state index in [4.69, 9.17) is 4.74 Å². The van der Waals surface area contributed by atoms with Crippen LogP contribution in [0, 0.1) is 18.8 Å². The summed E-state index contributed by atoms with van der Waals surface area (Å²) < 4.78 is 5.42. The second kappa shape index (κ2) is 12.9. The van der Waals surface area contributed by atoms with Crippen molar-refractivity contribution >= 4 is 23.5 Å². The molecule has 0 saturated carbocycles. The highest BCUT2D eigenvalue weighted by atomic mass is 16.5. The van der Waals surface area contributed by atoms with Gasteiger partial charge in [0.15, 0.2) is 5.78 Å². The Kier molecular flexibility index (Phi) is 9.07. The molecule has 40 heavy (non-hydrogen) atoms. The number of rotatable bonds is 9. The number of amides is 3. The third-order valence-corrected chi connectivity index (χ3v) is 8.64. The van der Waals surface area contributed by atoms with Crippen LogP contribution in [0.25, 0.3) is 0 Å². The normalized spacial score (nSPS) is 21.6. The van der Waals surface area contributed by atoms with E-state index in [9.17, 15) is 19.2 Å². The summed E-state index contributed by atoms with van der Waals surface area (Å²) in [5, 5.41) is 5.43. The summed E-state index contributed by atoms with van der Waals surface area (Å²) >= 11 is 0. The number of hydrogen-bond acceptors (Lipinski definition) is 6. The first-order valence-electron chi connectivity index (χ1n) is 14.5. The highest BCUT2D eigenvalue weighted by Crippen LogP contribution is 2.31. The molecule has 3 amide bonds. The number of carbonyl (C=O) groups excluding carboxylic acids is 4. The molecule has 2 fully saturated rings. The van der Waals surface area contributed by atoms with Crippen molar-refractivity contribution in [2.75, 3.05) is 32.8 Å². The Morgan fingerprint density at radius 2 is 1.77 bits per heavy atom. The number of hydrogen-bond donors (Lipinski definition) is 2. The maximum Gasteiger partial charge on any atom is 0.251 e. The molecule has 2 N–H and O–H groups in total. The molecule has 2 unspecified atom stereocenters. The predicted octanol–water partition coefficient (Wildman–Crippen LogP) is 3.38. The molecule has 2 aromatic rings. The van der Waals surface area contributed by atoms with Gasteiger partial charge in [-0.05, 0) is 79.8 Å². The van der Waals surface area contributed by atoms with Gasteiger partial charge < -0.3 is 10.1 Å². The summed E-state index contributed by atoms with van der Waals surface area (Å²) in [5.74, 6) is -0.671. The van der Waals surface area contributed by atoms with Crippen LogP contribution in [0.1, 0.15) is 75.1 Å². The minimum absolute atomic E-state index is 0.0939. The van der Waals surface area contributed by atoms with Gasteiger partial charge in [-0.3, -0.25) is 29.4 Å². The fraction of sp³-hybridized carbons (Fsp3) is 0.500. The molecule has 212 valence electrons. The second-order valence-electron chi connectivity index (χ2n) is 11.3. The molecule has 8 nitrogen and oxygen atoms in total. The standard InChI is InChI=1S/C32H39N3O5/c1-21-18-27(8-3-23(21)12-13-35-14-16-40-17-15-35)31(38)33-20-22-2-10-28-26(19-22)7-5-24(30(28)37)4-6-25-9-11-29(36)34-32(25)39/h2-3,8,10,18-19,24-25H,4-7,9,11-17,20H2,1H3,(H,33,38)(H,34,36,39). The van der Waals surface area contributed by atoms with Crippen LogP contribution in [0.5, 0.6) is 0 Å². The third-order valence-electron chi connectivity index (χ3n) is 8.64. The van der Waals surface area contributed by atoms with Crippen LogP contribution in [-0.4, -0.2) is 61.3 Å². The van der Waals surface area contributed by atoms with E-state index in [1.165, 1.54) is 5.56 Å². The van der Waals surface area contributed by atoms with Crippen molar-refractivity contribution in [2.45, 2.75) is 58.4 Å². The number of imide groups is 1. The first kappa shape index (κ1) is 28.2. The lowest BCUT2D eigenvalue weighted by molar-refractivity contribution is -0.136. The minimum atomic E-state index is -0.209. The molecular formula is C32H39N3O5. The number of Topliss-reactive ketones (excluding diaryl/α,β-unsaturated/α-hetero) is 1. The van der Waals surface area contributed by atoms with Gasteiger partial charge in [0.05, 0.1) is 13.2 Å². The summed E-state index contributed by atoms with van der Waals surface area (Å²) in [6.45, 7) is 7.00. The highest BCUT2D eigenvalue weighted by molar-refractivity contribution is 6.01. The number of ketones is 1. The number of ether oxygens (including phenoxy) is 1. The van der Waals surface area contributed by atoms with Crippen LogP contribution >= 0.6 is 0 Å². The van der Waals surface area contributed by atoms with Crippen LogP contribution in [0.15, 0.2) is 36.4 Å². The van der Waals surface area contributed by atoms with Crippen LogP contribution in [0.4, 0.5) is 0 Å². The van der Waals surface area contributed by atoms with Gasteiger partial charge in [0.1, 0.15) is 0 Å². The topological polar surface area (TPSA) is 105 Å². The molecule has 2 aliphatic heterocycles. The number of nitrogens with zero attached hydrogens (tertiary/aromatic N) is 1. The Hall–Kier alpha value is -3.36. The minimum Gasteiger partial charge on any atom is -0.379 e. The Balaban J connectivity index is 1.11. The van der Waals surface area contributed by atoms with Crippen molar-refractivity contribution in [1.82, 2.24) is 15.5 Å². The van der Waals surface area contributed by atoms with Crippen molar-refractivity contribution in [3.8, 4) is 0 Å². The largest absolute Gasteiger partial charge is 0.379 e. The highest BCUT2D eigenvalue weighted by Gasteiger charge is 2.31.